The number of aryl methyl sites for hydroxylation is 1. The highest BCUT2D eigenvalue weighted by molar-refractivity contribution is 6.31. The minimum Gasteiger partial charge on any atom is -0.503 e. The Hall–Kier alpha value is -4.23. The zero-order valence-electron chi connectivity index (χ0n) is 22.0. The van der Waals surface area contributed by atoms with Crippen molar-refractivity contribution >= 4 is 39.9 Å². The number of nitrogens with zero attached hydrogens (tertiary/aromatic N) is 1. The van der Waals surface area contributed by atoms with Crippen LogP contribution in [0.25, 0.3) is 11.0 Å². The summed E-state index contributed by atoms with van der Waals surface area (Å²) < 4.78 is 17.0. The third-order valence-corrected chi connectivity index (χ3v) is 6.85. The molecule has 1 unspecified atom stereocenters. The first kappa shape index (κ1) is 26.4. The second kappa shape index (κ2) is 10.5. The van der Waals surface area contributed by atoms with E-state index in [0.29, 0.717) is 38.7 Å². The minimum absolute atomic E-state index is 0.0126. The van der Waals surface area contributed by atoms with Crippen LogP contribution in [0, 0.1) is 0 Å². The van der Waals surface area contributed by atoms with Gasteiger partial charge in [0.15, 0.2) is 22.9 Å². The normalized spacial score (nSPS) is 15.5. The molecule has 1 atom stereocenters. The topological polar surface area (TPSA) is 89.2 Å². The molecule has 0 bridgehead atoms. The number of carbonyl (C=O) groups is 2. The molecule has 7 nitrogen and oxygen atoms in total. The number of amides is 1. The lowest BCUT2D eigenvalue weighted by Gasteiger charge is -2.27. The standard InChI is InChI=1S/C31H28ClNO6/c1-5-18-6-8-19(9-7-18)27-26(28(34)24-15-20-14-21(32)16-25(37-4)30(20)39-24)29(35)31(36)33(27)22-10-12-23(13-11-22)38-17(2)3/h6-17,27,35H,5H2,1-4H3. The molecule has 5 rings (SSSR count). The molecule has 1 aliphatic rings. The number of benzene rings is 3. The Kier molecular flexibility index (Phi) is 7.10. The first-order valence-electron chi connectivity index (χ1n) is 12.7. The van der Waals surface area contributed by atoms with E-state index in [1.54, 1.807) is 36.4 Å². The lowest BCUT2D eigenvalue weighted by Crippen LogP contribution is -2.31. The van der Waals surface area contributed by atoms with E-state index in [0.717, 1.165) is 12.0 Å². The van der Waals surface area contributed by atoms with E-state index >= 15 is 0 Å². The van der Waals surface area contributed by atoms with Crippen molar-refractivity contribution in [2.45, 2.75) is 39.3 Å². The van der Waals surface area contributed by atoms with Crippen LogP contribution < -0.4 is 14.4 Å². The number of aliphatic hydroxyl groups is 1. The Labute approximate surface area is 231 Å². The number of anilines is 1. The van der Waals surface area contributed by atoms with Gasteiger partial charge in [-0.2, -0.15) is 0 Å². The maximum atomic E-state index is 13.9. The molecular weight excluding hydrogens is 518 g/mol. The van der Waals surface area contributed by atoms with Gasteiger partial charge < -0.3 is 19.0 Å². The number of methoxy groups -OCH3 is 1. The van der Waals surface area contributed by atoms with Crippen molar-refractivity contribution in [1.29, 1.82) is 0 Å². The van der Waals surface area contributed by atoms with Crippen molar-refractivity contribution in [3.63, 3.8) is 0 Å². The number of halogens is 1. The number of Topliss-reactive ketones (excluding diaryl/α,β-unsaturated/α-hetero) is 1. The molecule has 1 aromatic heterocycles. The molecule has 0 radical (unpaired) electrons. The van der Waals surface area contributed by atoms with Gasteiger partial charge in [-0.05, 0) is 67.8 Å². The number of hydrogen-bond acceptors (Lipinski definition) is 6. The average molecular weight is 546 g/mol. The lowest BCUT2D eigenvalue weighted by atomic mass is 9.94. The molecule has 0 saturated carbocycles. The summed E-state index contributed by atoms with van der Waals surface area (Å²) in [5.74, 6) is -0.948. The zero-order valence-corrected chi connectivity index (χ0v) is 22.8. The van der Waals surface area contributed by atoms with Gasteiger partial charge in [-0.15, -0.1) is 0 Å². The molecule has 1 aliphatic heterocycles. The molecule has 2 heterocycles. The summed E-state index contributed by atoms with van der Waals surface area (Å²) in [6, 6.07) is 18.5. The fourth-order valence-electron chi connectivity index (χ4n) is 4.79. The molecule has 200 valence electrons. The second-order valence-electron chi connectivity index (χ2n) is 9.56. The Morgan fingerprint density at radius 3 is 2.38 bits per heavy atom. The van der Waals surface area contributed by atoms with Gasteiger partial charge in [-0.25, -0.2) is 0 Å². The molecular formula is C31H28ClNO6. The number of ketones is 1. The molecule has 0 fully saturated rings. The summed E-state index contributed by atoms with van der Waals surface area (Å²) in [5.41, 5.74) is 2.56. The molecule has 8 heteroatoms. The third-order valence-electron chi connectivity index (χ3n) is 6.63. The molecule has 3 aromatic carbocycles. The van der Waals surface area contributed by atoms with Crippen LogP contribution in [-0.2, 0) is 11.2 Å². The highest BCUT2D eigenvalue weighted by Crippen LogP contribution is 2.43. The van der Waals surface area contributed by atoms with Crippen LogP contribution >= 0.6 is 11.6 Å². The SMILES string of the molecule is CCc1ccc(C2C(C(=O)c3cc4cc(Cl)cc(OC)c4o3)=C(O)C(=O)N2c2ccc(OC(C)C)cc2)cc1. The predicted molar refractivity (Wildman–Crippen MR) is 150 cm³/mol. The van der Waals surface area contributed by atoms with E-state index in [9.17, 15) is 14.7 Å². The van der Waals surface area contributed by atoms with Gasteiger partial charge in [0.25, 0.3) is 5.91 Å². The molecule has 4 aromatic rings. The van der Waals surface area contributed by atoms with Gasteiger partial charge in [-0.1, -0.05) is 42.8 Å². The monoisotopic (exact) mass is 545 g/mol. The summed E-state index contributed by atoms with van der Waals surface area (Å²) in [5, 5.41) is 12.1. The second-order valence-corrected chi connectivity index (χ2v) is 10.00. The van der Waals surface area contributed by atoms with Gasteiger partial charge in [0.2, 0.25) is 5.78 Å². The van der Waals surface area contributed by atoms with Crippen molar-refractivity contribution < 1.29 is 28.6 Å². The number of fused-ring (bicyclic) bond motifs is 1. The van der Waals surface area contributed by atoms with Crippen LogP contribution in [0.2, 0.25) is 5.02 Å². The maximum absolute atomic E-state index is 13.9. The minimum atomic E-state index is -0.883. The van der Waals surface area contributed by atoms with Crippen LogP contribution in [0.3, 0.4) is 0 Å². The molecule has 0 saturated heterocycles. The Morgan fingerprint density at radius 1 is 1.08 bits per heavy atom. The maximum Gasteiger partial charge on any atom is 0.294 e. The molecule has 39 heavy (non-hydrogen) atoms. The number of hydrogen-bond donors (Lipinski definition) is 1. The molecule has 0 spiro atoms. The molecule has 1 amide bonds. The Balaban J connectivity index is 1.61. The number of rotatable bonds is 8. The van der Waals surface area contributed by atoms with Gasteiger partial charge in [0.1, 0.15) is 5.75 Å². The van der Waals surface area contributed by atoms with Crippen molar-refractivity contribution in [3.8, 4) is 11.5 Å². The van der Waals surface area contributed by atoms with E-state index in [1.165, 1.54) is 18.1 Å². The van der Waals surface area contributed by atoms with E-state index in [2.05, 4.69) is 0 Å². The van der Waals surface area contributed by atoms with Crippen molar-refractivity contribution in [3.05, 3.63) is 100.0 Å². The Bertz CT molecular complexity index is 1580. The van der Waals surface area contributed by atoms with Crippen molar-refractivity contribution in [2.24, 2.45) is 0 Å². The fourth-order valence-corrected chi connectivity index (χ4v) is 5.01. The Morgan fingerprint density at radius 2 is 1.77 bits per heavy atom. The van der Waals surface area contributed by atoms with Crippen LogP contribution in [0.5, 0.6) is 11.5 Å². The van der Waals surface area contributed by atoms with Crippen molar-refractivity contribution in [2.75, 3.05) is 12.0 Å². The number of furan rings is 1. The third kappa shape index (κ3) is 4.86. The summed E-state index contributed by atoms with van der Waals surface area (Å²) in [6.07, 6.45) is 0.822. The van der Waals surface area contributed by atoms with E-state index in [1.807, 2.05) is 45.0 Å². The van der Waals surface area contributed by atoms with Crippen LogP contribution in [0.1, 0.15) is 48.5 Å². The summed E-state index contributed by atoms with van der Waals surface area (Å²) in [7, 11) is 1.48. The number of aliphatic hydroxyl groups excluding tert-OH is 1. The van der Waals surface area contributed by atoms with Crippen LogP contribution in [0.4, 0.5) is 5.69 Å². The lowest BCUT2D eigenvalue weighted by molar-refractivity contribution is -0.117. The zero-order chi connectivity index (χ0) is 27.8. The largest absolute Gasteiger partial charge is 0.503 e. The highest BCUT2D eigenvalue weighted by atomic mass is 35.5. The first-order chi connectivity index (χ1) is 18.7. The summed E-state index contributed by atoms with van der Waals surface area (Å²) in [6.45, 7) is 5.90. The van der Waals surface area contributed by atoms with Gasteiger partial charge in [-0.3, -0.25) is 14.5 Å². The molecule has 0 aliphatic carbocycles. The quantitative estimate of drug-likeness (QED) is 0.235. The van der Waals surface area contributed by atoms with Crippen molar-refractivity contribution in [1.82, 2.24) is 0 Å². The predicted octanol–water partition coefficient (Wildman–Crippen LogP) is 7.23. The van der Waals surface area contributed by atoms with Gasteiger partial charge in [0.05, 0.1) is 24.8 Å². The van der Waals surface area contributed by atoms with E-state index in [4.69, 9.17) is 25.5 Å². The average Bonchev–Trinajstić information content (AvgIpc) is 3.47. The first-order valence-corrected chi connectivity index (χ1v) is 13.0. The van der Waals surface area contributed by atoms with Gasteiger partial charge >= 0.3 is 0 Å². The van der Waals surface area contributed by atoms with Crippen LogP contribution in [-0.4, -0.2) is 30.0 Å². The van der Waals surface area contributed by atoms with E-state index in [-0.39, 0.29) is 17.4 Å². The number of carbonyl (C=O) groups excluding carboxylic acids is 2. The number of ether oxygens (including phenoxy) is 2. The summed E-state index contributed by atoms with van der Waals surface area (Å²) >= 11 is 6.20. The van der Waals surface area contributed by atoms with Gasteiger partial charge in [0, 0.05) is 22.2 Å². The van der Waals surface area contributed by atoms with E-state index < -0.39 is 23.5 Å². The van der Waals surface area contributed by atoms with Crippen LogP contribution in [0.15, 0.2) is 82.5 Å². The fraction of sp³-hybridized carbons (Fsp3) is 0.226. The smallest absolute Gasteiger partial charge is 0.294 e. The summed E-state index contributed by atoms with van der Waals surface area (Å²) in [4.78, 5) is 28.9. The highest BCUT2D eigenvalue weighted by Gasteiger charge is 2.45. The molecule has 1 N–H and O–H groups in total.